The Morgan fingerprint density at radius 2 is 2.06 bits per heavy atom. The lowest BCUT2D eigenvalue weighted by atomic mass is 9.93. The number of nitrogens with zero attached hydrogens (tertiary/aromatic N) is 2. The fraction of sp³-hybridized carbons (Fsp3) is 0. The number of nitro groups is 1. The normalized spacial score (nSPS) is 16.2. The average molecular weight is 218 g/mol. The van der Waals surface area contributed by atoms with Gasteiger partial charge in [-0.15, -0.1) is 0 Å². The van der Waals surface area contributed by atoms with Gasteiger partial charge in [-0.05, 0) is 12.2 Å². The van der Waals surface area contributed by atoms with Crippen molar-refractivity contribution in [3.8, 4) is 0 Å². The van der Waals surface area contributed by atoms with Crippen LogP contribution >= 0.6 is 0 Å². The molecule has 1 N–H and O–H groups in total. The van der Waals surface area contributed by atoms with Gasteiger partial charge in [0, 0.05) is 11.6 Å². The lowest BCUT2D eigenvalue weighted by molar-refractivity contribution is -0.385. The summed E-state index contributed by atoms with van der Waals surface area (Å²) >= 11 is 0. The molecule has 0 atom stereocenters. The van der Waals surface area contributed by atoms with E-state index in [1.165, 1.54) is 24.3 Å². The molecule has 0 amide bonds. The van der Waals surface area contributed by atoms with Crippen LogP contribution in [0.15, 0.2) is 35.5 Å². The quantitative estimate of drug-likeness (QED) is 0.439. The van der Waals surface area contributed by atoms with Gasteiger partial charge in [-0.3, -0.25) is 14.9 Å². The maximum Gasteiger partial charge on any atom is 0.281 e. The molecule has 6 heteroatoms. The van der Waals surface area contributed by atoms with Gasteiger partial charge in [0.1, 0.15) is 11.3 Å². The highest BCUT2D eigenvalue weighted by atomic mass is 16.6. The molecule has 1 aromatic carbocycles. The first-order chi connectivity index (χ1) is 7.65. The monoisotopic (exact) mass is 218 g/mol. The number of nitro benzene ring substituents is 1. The summed E-state index contributed by atoms with van der Waals surface area (Å²) in [6.07, 6.45) is 2.46. The number of carbonyl (C=O) groups excluding carboxylic acids is 1. The molecule has 0 saturated carbocycles. The predicted octanol–water partition coefficient (Wildman–Crippen LogP) is 1.53. The Kier molecular flexibility index (Phi) is 2.24. The highest BCUT2D eigenvalue weighted by molar-refractivity contribution is 6.25. The highest BCUT2D eigenvalue weighted by Gasteiger charge is 2.26. The Hall–Kier alpha value is -2.50. The largest absolute Gasteiger partial charge is 0.410 e. The number of rotatable bonds is 1. The lowest BCUT2D eigenvalue weighted by Crippen LogP contribution is -2.14. The smallest absolute Gasteiger partial charge is 0.281 e. The third kappa shape index (κ3) is 1.36. The number of hydrogen-bond acceptors (Lipinski definition) is 5. The van der Waals surface area contributed by atoms with E-state index in [4.69, 9.17) is 5.21 Å². The number of allylic oxidation sites excluding steroid dienone is 2. The van der Waals surface area contributed by atoms with Gasteiger partial charge >= 0.3 is 0 Å². The van der Waals surface area contributed by atoms with Crippen LogP contribution in [0.2, 0.25) is 0 Å². The van der Waals surface area contributed by atoms with E-state index in [0.717, 1.165) is 6.08 Å². The van der Waals surface area contributed by atoms with Gasteiger partial charge < -0.3 is 5.21 Å². The molecule has 0 unspecified atom stereocenters. The van der Waals surface area contributed by atoms with E-state index >= 15 is 0 Å². The molecule has 0 spiro atoms. The van der Waals surface area contributed by atoms with Crippen LogP contribution in [0.1, 0.15) is 15.9 Å². The van der Waals surface area contributed by atoms with Gasteiger partial charge in [0.15, 0.2) is 5.78 Å². The zero-order chi connectivity index (χ0) is 11.7. The fourth-order valence-corrected chi connectivity index (χ4v) is 1.58. The first-order valence-corrected chi connectivity index (χ1v) is 4.37. The number of benzene rings is 1. The molecule has 0 heterocycles. The maximum atomic E-state index is 11.5. The van der Waals surface area contributed by atoms with Crippen molar-refractivity contribution < 1.29 is 14.9 Å². The van der Waals surface area contributed by atoms with Gasteiger partial charge in [0.05, 0.1) is 4.92 Å². The molecule has 0 radical (unpaired) electrons. The Labute approximate surface area is 89.7 Å². The molecule has 0 aliphatic heterocycles. The summed E-state index contributed by atoms with van der Waals surface area (Å²) in [6.45, 7) is 0. The van der Waals surface area contributed by atoms with Gasteiger partial charge in [-0.1, -0.05) is 17.3 Å². The van der Waals surface area contributed by atoms with E-state index in [2.05, 4.69) is 5.16 Å². The number of ketones is 1. The van der Waals surface area contributed by atoms with Crippen molar-refractivity contribution >= 4 is 17.2 Å². The predicted molar refractivity (Wildman–Crippen MR) is 54.9 cm³/mol. The summed E-state index contributed by atoms with van der Waals surface area (Å²) in [6, 6.07) is 4.18. The second-order valence-corrected chi connectivity index (χ2v) is 3.14. The summed E-state index contributed by atoms with van der Waals surface area (Å²) in [5.74, 6) is -0.463. The SMILES string of the molecule is O=C1C=CC(=NO)c2cccc([N+](=O)[O-])c21. The van der Waals surface area contributed by atoms with Crippen molar-refractivity contribution in [2.75, 3.05) is 0 Å². The van der Waals surface area contributed by atoms with Crippen LogP contribution in [-0.2, 0) is 0 Å². The van der Waals surface area contributed by atoms with Crippen molar-refractivity contribution in [3.63, 3.8) is 0 Å². The molecule has 1 aliphatic carbocycles. The molecule has 6 nitrogen and oxygen atoms in total. The molecule has 1 aliphatic rings. The van der Waals surface area contributed by atoms with Crippen LogP contribution in [0.3, 0.4) is 0 Å². The third-order valence-electron chi connectivity index (χ3n) is 2.26. The van der Waals surface area contributed by atoms with Crippen LogP contribution in [0.25, 0.3) is 0 Å². The molecule has 0 aromatic heterocycles. The van der Waals surface area contributed by atoms with Gasteiger partial charge in [-0.2, -0.15) is 0 Å². The van der Waals surface area contributed by atoms with E-state index in [0.29, 0.717) is 0 Å². The Morgan fingerprint density at radius 1 is 1.31 bits per heavy atom. The zero-order valence-corrected chi connectivity index (χ0v) is 7.95. The van der Waals surface area contributed by atoms with Crippen LogP contribution in [0.5, 0.6) is 0 Å². The summed E-state index contributed by atoms with van der Waals surface area (Å²) in [5.41, 5.74) is 0.0818. The minimum absolute atomic E-state index is 0.0391. The van der Waals surface area contributed by atoms with Crippen LogP contribution < -0.4 is 0 Å². The van der Waals surface area contributed by atoms with Crippen molar-refractivity contribution in [1.82, 2.24) is 0 Å². The summed E-state index contributed by atoms with van der Waals surface area (Å²) in [5, 5.41) is 22.4. The first-order valence-electron chi connectivity index (χ1n) is 4.37. The number of oxime groups is 1. The zero-order valence-electron chi connectivity index (χ0n) is 7.95. The summed E-state index contributed by atoms with van der Waals surface area (Å²) < 4.78 is 0. The molecule has 0 bridgehead atoms. The van der Waals surface area contributed by atoms with E-state index in [1.54, 1.807) is 0 Å². The average Bonchev–Trinajstić information content (AvgIpc) is 2.29. The second kappa shape index (κ2) is 3.58. The minimum atomic E-state index is -0.634. The fourth-order valence-electron chi connectivity index (χ4n) is 1.58. The number of hydrogen-bond donors (Lipinski definition) is 1. The minimum Gasteiger partial charge on any atom is -0.410 e. The second-order valence-electron chi connectivity index (χ2n) is 3.14. The van der Waals surface area contributed by atoms with Crippen LogP contribution in [-0.4, -0.2) is 21.6 Å². The van der Waals surface area contributed by atoms with Crippen molar-refractivity contribution in [3.05, 3.63) is 51.6 Å². The molecule has 0 fully saturated rings. The van der Waals surface area contributed by atoms with Gasteiger partial charge in [0.2, 0.25) is 0 Å². The third-order valence-corrected chi connectivity index (χ3v) is 2.26. The molecule has 1 aromatic rings. The molecule has 16 heavy (non-hydrogen) atoms. The standard InChI is InChI=1S/C10H6N2O4/c13-9-5-4-7(11-14)6-2-1-3-8(10(6)9)12(15)16/h1-5,14H. The molecule has 2 rings (SSSR count). The van der Waals surface area contributed by atoms with Gasteiger partial charge in [-0.25, -0.2) is 0 Å². The van der Waals surface area contributed by atoms with E-state index < -0.39 is 10.7 Å². The van der Waals surface area contributed by atoms with Crippen molar-refractivity contribution in [2.45, 2.75) is 0 Å². The molecular weight excluding hydrogens is 212 g/mol. The van der Waals surface area contributed by atoms with E-state index in [1.807, 2.05) is 0 Å². The van der Waals surface area contributed by atoms with E-state index in [-0.39, 0.29) is 22.5 Å². The number of carbonyl (C=O) groups is 1. The van der Waals surface area contributed by atoms with Crippen LogP contribution in [0, 0.1) is 10.1 Å². The maximum absolute atomic E-state index is 11.5. The summed E-state index contributed by atoms with van der Waals surface area (Å²) in [7, 11) is 0. The first kappa shape index (κ1) is 10.0. The summed E-state index contributed by atoms with van der Waals surface area (Å²) in [4.78, 5) is 21.7. The Bertz CT molecular complexity index is 546. The highest BCUT2D eigenvalue weighted by Crippen LogP contribution is 2.26. The molecular formula is C10H6N2O4. The Balaban J connectivity index is 2.76. The van der Waals surface area contributed by atoms with E-state index in [9.17, 15) is 14.9 Å². The van der Waals surface area contributed by atoms with Gasteiger partial charge in [0.25, 0.3) is 5.69 Å². The Morgan fingerprint density at radius 3 is 2.69 bits per heavy atom. The lowest BCUT2D eigenvalue weighted by Gasteiger charge is -2.10. The molecule has 0 saturated heterocycles. The van der Waals surface area contributed by atoms with Crippen LogP contribution in [0.4, 0.5) is 5.69 Å². The topological polar surface area (TPSA) is 92.8 Å². The number of fused-ring (bicyclic) bond motifs is 1. The molecule has 80 valence electrons. The van der Waals surface area contributed by atoms with Crippen molar-refractivity contribution in [2.24, 2.45) is 5.16 Å². The van der Waals surface area contributed by atoms with Crippen molar-refractivity contribution in [1.29, 1.82) is 0 Å².